The third kappa shape index (κ3) is 4.33. The van der Waals surface area contributed by atoms with Crippen LogP contribution in [-0.2, 0) is 6.54 Å². The summed E-state index contributed by atoms with van der Waals surface area (Å²) in [5, 5.41) is 13.5. The zero-order valence-electron chi connectivity index (χ0n) is 15.3. The van der Waals surface area contributed by atoms with E-state index in [1.54, 1.807) is 17.0 Å². The highest BCUT2D eigenvalue weighted by Gasteiger charge is 2.26. The van der Waals surface area contributed by atoms with Crippen LogP contribution < -0.4 is 0 Å². The lowest BCUT2D eigenvalue weighted by atomic mass is 10.2. The summed E-state index contributed by atoms with van der Waals surface area (Å²) in [7, 11) is 0. The minimum absolute atomic E-state index is 0.0198. The normalized spacial score (nSPS) is 14.9. The molecule has 0 radical (unpaired) electrons. The molecule has 1 aliphatic heterocycles. The molecule has 0 spiro atoms. The maximum atomic E-state index is 13.1. The van der Waals surface area contributed by atoms with Crippen LogP contribution in [0, 0.1) is 15.9 Å². The third-order valence-corrected chi connectivity index (χ3v) is 5.61. The minimum atomic E-state index is -0.664. The molecular weight excluding hydrogens is 399 g/mol. The molecule has 0 aliphatic carbocycles. The van der Waals surface area contributed by atoms with E-state index < -0.39 is 10.8 Å². The van der Waals surface area contributed by atoms with E-state index in [4.69, 9.17) is 4.42 Å². The predicted octanol–water partition coefficient (Wildman–Crippen LogP) is 3.41. The molecule has 1 amide bonds. The number of nitro groups is 1. The van der Waals surface area contributed by atoms with Gasteiger partial charge in [0.25, 0.3) is 5.91 Å². The number of carbonyl (C=O) groups excluding carboxylic acids is 1. The van der Waals surface area contributed by atoms with Crippen LogP contribution in [-0.4, -0.2) is 51.8 Å². The van der Waals surface area contributed by atoms with Gasteiger partial charge in [0.2, 0.25) is 0 Å². The molecule has 0 atom stereocenters. The van der Waals surface area contributed by atoms with Gasteiger partial charge in [-0.3, -0.25) is 19.8 Å². The molecule has 1 aliphatic rings. The number of hydrogen-bond donors (Lipinski definition) is 0. The van der Waals surface area contributed by atoms with Crippen LogP contribution in [0.15, 0.2) is 46.2 Å². The molecule has 150 valence electrons. The molecule has 0 saturated carbocycles. The Balaban J connectivity index is 1.32. The molecule has 1 aromatic carbocycles. The van der Waals surface area contributed by atoms with Gasteiger partial charge >= 0.3 is 5.88 Å². The number of hydrogen-bond acceptors (Lipinski definition) is 7. The standard InChI is InChI=1S/C19H17FN4O4S/c20-14-3-1-13(2-4-14)18-21-15(12-29-18)11-22-7-9-23(10-8-22)19(25)16-5-6-17(28-16)24(26)27/h1-6,12H,7-11H2. The first-order chi connectivity index (χ1) is 14.0. The van der Waals surface area contributed by atoms with Crippen molar-refractivity contribution < 1.29 is 18.5 Å². The number of piperazine rings is 1. The number of nitrogens with zero attached hydrogens (tertiary/aromatic N) is 4. The summed E-state index contributed by atoms with van der Waals surface area (Å²) in [4.78, 5) is 30.9. The maximum absolute atomic E-state index is 13.1. The van der Waals surface area contributed by atoms with Crippen molar-refractivity contribution in [2.75, 3.05) is 26.2 Å². The Morgan fingerprint density at radius 1 is 1.17 bits per heavy atom. The average molecular weight is 416 g/mol. The fourth-order valence-electron chi connectivity index (χ4n) is 3.14. The summed E-state index contributed by atoms with van der Waals surface area (Å²) in [5.41, 5.74) is 1.81. The van der Waals surface area contributed by atoms with Crippen molar-refractivity contribution in [3.8, 4) is 10.6 Å². The number of furan rings is 1. The van der Waals surface area contributed by atoms with Gasteiger partial charge in [0.1, 0.15) is 15.7 Å². The Bertz CT molecular complexity index is 1030. The Labute approximate surface area is 169 Å². The monoisotopic (exact) mass is 416 g/mol. The molecule has 0 unspecified atom stereocenters. The Morgan fingerprint density at radius 2 is 1.90 bits per heavy atom. The average Bonchev–Trinajstić information content (AvgIpc) is 3.39. The number of thiazole rings is 1. The Hall–Kier alpha value is -3.11. The predicted molar refractivity (Wildman–Crippen MR) is 104 cm³/mol. The smallest absolute Gasteiger partial charge is 0.395 e. The number of amides is 1. The van der Waals surface area contributed by atoms with Crippen LogP contribution in [0.2, 0.25) is 0 Å². The molecule has 4 rings (SSSR count). The SMILES string of the molecule is O=C(c1ccc([N+](=O)[O-])o1)N1CCN(Cc2csc(-c3ccc(F)cc3)n2)CC1. The maximum Gasteiger partial charge on any atom is 0.433 e. The van der Waals surface area contributed by atoms with Crippen LogP contribution in [0.4, 0.5) is 10.3 Å². The van der Waals surface area contributed by atoms with Gasteiger partial charge in [-0.2, -0.15) is 0 Å². The van der Waals surface area contributed by atoms with Crippen molar-refractivity contribution in [1.29, 1.82) is 0 Å². The molecule has 10 heteroatoms. The van der Waals surface area contributed by atoms with E-state index in [0.717, 1.165) is 16.3 Å². The molecule has 3 heterocycles. The van der Waals surface area contributed by atoms with Crippen molar-refractivity contribution in [2.45, 2.75) is 6.54 Å². The summed E-state index contributed by atoms with van der Waals surface area (Å²) in [6, 6.07) is 8.77. The van der Waals surface area contributed by atoms with E-state index in [1.807, 2.05) is 5.38 Å². The number of rotatable bonds is 5. The first kappa shape index (κ1) is 19.2. The Kier molecular flexibility index (Phi) is 5.36. The number of benzene rings is 1. The quantitative estimate of drug-likeness (QED) is 0.467. The summed E-state index contributed by atoms with van der Waals surface area (Å²) < 4.78 is 18.1. The van der Waals surface area contributed by atoms with Crippen molar-refractivity contribution in [3.05, 3.63) is 69.2 Å². The molecular formula is C19H17FN4O4S. The summed E-state index contributed by atoms with van der Waals surface area (Å²) >= 11 is 1.51. The van der Waals surface area contributed by atoms with Crippen LogP contribution in [0.5, 0.6) is 0 Å². The largest absolute Gasteiger partial charge is 0.433 e. The van der Waals surface area contributed by atoms with Gasteiger partial charge in [-0.15, -0.1) is 11.3 Å². The zero-order chi connectivity index (χ0) is 20.4. The minimum Gasteiger partial charge on any atom is -0.395 e. The van der Waals surface area contributed by atoms with E-state index in [9.17, 15) is 19.3 Å². The van der Waals surface area contributed by atoms with Gasteiger partial charge in [0.05, 0.1) is 11.8 Å². The van der Waals surface area contributed by atoms with Crippen LogP contribution in [0.3, 0.4) is 0 Å². The van der Waals surface area contributed by atoms with Gasteiger partial charge in [-0.05, 0) is 30.3 Å². The highest BCUT2D eigenvalue weighted by atomic mass is 32.1. The zero-order valence-corrected chi connectivity index (χ0v) is 16.1. The molecule has 0 N–H and O–H groups in total. The molecule has 3 aromatic rings. The lowest BCUT2D eigenvalue weighted by molar-refractivity contribution is -0.402. The fraction of sp³-hybridized carbons (Fsp3) is 0.263. The molecule has 2 aromatic heterocycles. The van der Waals surface area contributed by atoms with Crippen LogP contribution in [0.1, 0.15) is 16.2 Å². The van der Waals surface area contributed by atoms with E-state index >= 15 is 0 Å². The van der Waals surface area contributed by atoms with Gasteiger partial charge < -0.3 is 9.32 Å². The second-order valence-electron chi connectivity index (χ2n) is 6.61. The second-order valence-corrected chi connectivity index (χ2v) is 7.47. The van der Waals surface area contributed by atoms with E-state index in [0.29, 0.717) is 32.7 Å². The number of carbonyl (C=O) groups is 1. The van der Waals surface area contributed by atoms with Crippen LogP contribution >= 0.6 is 11.3 Å². The summed E-state index contributed by atoms with van der Waals surface area (Å²) in [5.74, 6) is -1.08. The summed E-state index contributed by atoms with van der Waals surface area (Å²) in [6.07, 6.45) is 0. The number of halogens is 1. The summed E-state index contributed by atoms with van der Waals surface area (Å²) in [6.45, 7) is 2.99. The lowest BCUT2D eigenvalue weighted by Gasteiger charge is -2.33. The Morgan fingerprint density at radius 3 is 2.55 bits per heavy atom. The topological polar surface area (TPSA) is 92.7 Å². The fourth-order valence-corrected chi connectivity index (χ4v) is 3.96. The molecule has 1 fully saturated rings. The first-order valence-corrected chi connectivity index (χ1v) is 9.84. The van der Waals surface area contributed by atoms with Crippen molar-refractivity contribution in [2.24, 2.45) is 0 Å². The van der Waals surface area contributed by atoms with E-state index in [1.165, 1.54) is 35.6 Å². The highest BCUT2D eigenvalue weighted by molar-refractivity contribution is 7.13. The highest BCUT2D eigenvalue weighted by Crippen LogP contribution is 2.25. The third-order valence-electron chi connectivity index (χ3n) is 4.67. The molecule has 29 heavy (non-hydrogen) atoms. The van der Waals surface area contributed by atoms with E-state index in [2.05, 4.69) is 9.88 Å². The van der Waals surface area contributed by atoms with Crippen molar-refractivity contribution >= 4 is 23.1 Å². The molecule has 1 saturated heterocycles. The van der Waals surface area contributed by atoms with Gasteiger partial charge in [-0.1, -0.05) is 0 Å². The van der Waals surface area contributed by atoms with Gasteiger partial charge in [-0.25, -0.2) is 9.37 Å². The van der Waals surface area contributed by atoms with Gasteiger partial charge in [0.15, 0.2) is 5.76 Å². The molecule has 8 nitrogen and oxygen atoms in total. The van der Waals surface area contributed by atoms with Crippen molar-refractivity contribution in [1.82, 2.24) is 14.8 Å². The first-order valence-electron chi connectivity index (χ1n) is 8.96. The van der Waals surface area contributed by atoms with Gasteiger partial charge in [0, 0.05) is 43.7 Å². The molecule has 0 bridgehead atoms. The van der Waals surface area contributed by atoms with Crippen LogP contribution in [0.25, 0.3) is 10.6 Å². The lowest BCUT2D eigenvalue weighted by Crippen LogP contribution is -2.48. The number of aromatic nitrogens is 1. The van der Waals surface area contributed by atoms with E-state index in [-0.39, 0.29) is 17.5 Å². The second kappa shape index (κ2) is 8.10. The van der Waals surface area contributed by atoms with Crippen molar-refractivity contribution in [3.63, 3.8) is 0 Å².